The number of aliphatic hydroxyl groups is 2. The number of aliphatic hydroxyl groups excluding tert-OH is 1. The Balaban J connectivity index is 2.09. The molecule has 170 valence electrons. The van der Waals surface area contributed by atoms with Crippen LogP contribution >= 0.6 is 0 Å². The average Bonchev–Trinajstić information content (AvgIpc) is 2.60. The van der Waals surface area contributed by atoms with E-state index in [1.165, 1.54) is 13.8 Å². The minimum atomic E-state index is -1.20. The maximum Gasteiger partial charge on any atom is 0.303 e. The fourth-order valence-electron chi connectivity index (χ4n) is 7.26. The number of esters is 2. The van der Waals surface area contributed by atoms with Gasteiger partial charge in [-0.3, -0.25) is 9.59 Å². The molecule has 0 aromatic rings. The highest BCUT2D eigenvalue weighted by Gasteiger charge is 2.69. The van der Waals surface area contributed by atoms with Crippen molar-refractivity contribution in [1.29, 1.82) is 0 Å². The zero-order valence-electron chi connectivity index (χ0n) is 19.2. The fourth-order valence-corrected chi connectivity index (χ4v) is 7.26. The lowest BCUT2D eigenvalue weighted by molar-refractivity contribution is -0.282. The quantitative estimate of drug-likeness (QED) is 0.535. The number of allylic oxidation sites excluding steroid dienone is 1. The molecule has 0 aromatic heterocycles. The second-order valence-electron chi connectivity index (χ2n) is 11.1. The van der Waals surface area contributed by atoms with E-state index in [1.54, 1.807) is 0 Å². The highest BCUT2D eigenvalue weighted by Crippen LogP contribution is 2.67. The summed E-state index contributed by atoms with van der Waals surface area (Å²) in [4.78, 5) is 23.7. The second-order valence-corrected chi connectivity index (χ2v) is 11.1. The van der Waals surface area contributed by atoms with Crippen molar-refractivity contribution < 1.29 is 29.3 Å². The van der Waals surface area contributed by atoms with Gasteiger partial charge >= 0.3 is 11.9 Å². The molecule has 3 aliphatic rings. The monoisotopic (exact) mass is 422 g/mol. The van der Waals surface area contributed by atoms with Crippen LogP contribution in [0.1, 0.15) is 73.6 Å². The summed E-state index contributed by atoms with van der Waals surface area (Å²) in [7, 11) is 0. The van der Waals surface area contributed by atoms with Crippen LogP contribution in [0, 0.1) is 28.1 Å². The summed E-state index contributed by atoms with van der Waals surface area (Å²) in [6, 6.07) is 0. The number of fused-ring (bicyclic) bond motifs is 3. The van der Waals surface area contributed by atoms with Crippen LogP contribution < -0.4 is 0 Å². The van der Waals surface area contributed by atoms with Crippen LogP contribution in [0.25, 0.3) is 0 Å². The molecule has 0 saturated heterocycles. The third-order valence-electron chi connectivity index (χ3n) is 8.67. The summed E-state index contributed by atoms with van der Waals surface area (Å²) >= 11 is 0. The first-order valence-electron chi connectivity index (χ1n) is 11.1. The third kappa shape index (κ3) is 3.50. The summed E-state index contributed by atoms with van der Waals surface area (Å²) in [5, 5.41) is 23.2. The molecular weight excluding hydrogens is 384 g/mol. The standard InChI is InChI=1S/C24H38O6/c1-8-22(6)10-9-17-23(7)12-16(29-14(2)25)20(27)21(4,5)18(23)11-19(30-15(3)26)24(17,28)13-22/h8,16-20,27-28H,1,9-13H2,2-7H3/t16-,17-,18+,19+,20+,22+,23-,24-/m1/s1. The molecule has 3 saturated carbocycles. The van der Waals surface area contributed by atoms with Crippen LogP contribution in [0.3, 0.4) is 0 Å². The molecular formula is C24H38O6. The van der Waals surface area contributed by atoms with Gasteiger partial charge in [0.15, 0.2) is 0 Å². The average molecular weight is 423 g/mol. The van der Waals surface area contributed by atoms with Crippen LogP contribution in [0.2, 0.25) is 0 Å². The molecule has 30 heavy (non-hydrogen) atoms. The highest BCUT2D eigenvalue weighted by molar-refractivity contribution is 5.66. The molecule has 0 aliphatic heterocycles. The Hall–Kier alpha value is -1.40. The summed E-state index contributed by atoms with van der Waals surface area (Å²) < 4.78 is 11.3. The molecule has 0 bridgehead atoms. The largest absolute Gasteiger partial charge is 0.460 e. The van der Waals surface area contributed by atoms with E-state index in [4.69, 9.17) is 9.47 Å². The Kier molecular flexibility index (Phi) is 5.69. The lowest BCUT2D eigenvalue weighted by Crippen LogP contribution is -2.71. The highest BCUT2D eigenvalue weighted by atomic mass is 16.6. The van der Waals surface area contributed by atoms with Crippen molar-refractivity contribution in [3.8, 4) is 0 Å². The van der Waals surface area contributed by atoms with Crippen molar-refractivity contribution in [2.75, 3.05) is 0 Å². The van der Waals surface area contributed by atoms with Gasteiger partial charge in [-0.25, -0.2) is 0 Å². The van der Waals surface area contributed by atoms with E-state index in [-0.39, 0.29) is 22.7 Å². The van der Waals surface area contributed by atoms with Gasteiger partial charge < -0.3 is 19.7 Å². The SMILES string of the molecule is C=C[C@@]1(C)CC[C@@H]2[C@@]3(C)C[C@@H](OC(C)=O)[C@H](O)C(C)(C)[C@@H]3C[C@H](OC(C)=O)[C@@]2(O)C1. The molecule has 6 heteroatoms. The first-order chi connectivity index (χ1) is 13.7. The van der Waals surface area contributed by atoms with Crippen molar-refractivity contribution in [3.63, 3.8) is 0 Å². The molecule has 2 N–H and O–H groups in total. The van der Waals surface area contributed by atoms with E-state index < -0.39 is 41.3 Å². The second kappa shape index (κ2) is 7.33. The Morgan fingerprint density at radius 1 is 1.07 bits per heavy atom. The predicted octanol–water partition coefficient (Wildman–Crippen LogP) is 3.39. The van der Waals surface area contributed by atoms with E-state index in [0.29, 0.717) is 19.3 Å². The molecule has 0 spiro atoms. The first-order valence-corrected chi connectivity index (χ1v) is 11.1. The zero-order chi connectivity index (χ0) is 22.7. The van der Waals surface area contributed by atoms with Crippen molar-refractivity contribution in [1.82, 2.24) is 0 Å². The normalized spacial score (nSPS) is 47.4. The van der Waals surface area contributed by atoms with Gasteiger partial charge in [-0.1, -0.05) is 33.8 Å². The molecule has 0 aromatic carbocycles. The topological polar surface area (TPSA) is 93.1 Å². The predicted molar refractivity (Wildman–Crippen MR) is 112 cm³/mol. The van der Waals surface area contributed by atoms with Gasteiger partial charge in [-0.15, -0.1) is 6.58 Å². The van der Waals surface area contributed by atoms with Gasteiger partial charge in [-0.05, 0) is 60.2 Å². The van der Waals surface area contributed by atoms with Crippen LogP contribution in [-0.2, 0) is 19.1 Å². The van der Waals surface area contributed by atoms with Gasteiger partial charge in [0.1, 0.15) is 17.8 Å². The minimum absolute atomic E-state index is 0.00507. The van der Waals surface area contributed by atoms with Crippen molar-refractivity contribution in [3.05, 3.63) is 12.7 Å². The molecule has 0 heterocycles. The van der Waals surface area contributed by atoms with Crippen LogP contribution in [0.4, 0.5) is 0 Å². The summed E-state index contributed by atoms with van der Waals surface area (Å²) in [5.41, 5.74) is -2.40. The van der Waals surface area contributed by atoms with E-state index in [9.17, 15) is 19.8 Å². The van der Waals surface area contributed by atoms with Gasteiger partial charge in [-0.2, -0.15) is 0 Å². The van der Waals surface area contributed by atoms with E-state index in [0.717, 1.165) is 12.8 Å². The van der Waals surface area contributed by atoms with E-state index in [2.05, 4.69) is 20.4 Å². The zero-order valence-corrected chi connectivity index (χ0v) is 19.2. The molecule has 0 radical (unpaired) electrons. The van der Waals surface area contributed by atoms with Crippen LogP contribution in [0.5, 0.6) is 0 Å². The van der Waals surface area contributed by atoms with Crippen molar-refractivity contribution >= 4 is 11.9 Å². The molecule has 3 rings (SSSR count). The smallest absolute Gasteiger partial charge is 0.303 e. The molecule has 3 fully saturated rings. The summed E-state index contributed by atoms with van der Waals surface area (Å²) in [5.74, 6) is -0.974. The van der Waals surface area contributed by atoms with E-state index in [1.807, 2.05) is 19.9 Å². The number of ether oxygens (including phenoxy) is 2. The van der Waals surface area contributed by atoms with Crippen LogP contribution in [0.15, 0.2) is 12.7 Å². The lowest BCUT2D eigenvalue weighted by atomic mass is 9.40. The molecule has 8 atom stereocenters. The van der Waals surface area contributed by atoms with Crippen molar-refractivity contribution in [2.45, 2.75) is 97.6 Å². The van der Waals surface area contributed by atoms with Crippen LogP contribution in [-0.4, -0.2) is 46.1 Å². The number of rotatable bonds is 3. The number of hydrogen-bond donors (Lipinski definition) is 2. The summed E-state index contributed by atoms with van der Waals surface area (Å²) in [6.07, 6.45) is 2.84. The number of carbonyl (C=O) groups is 2. The molecule has 3 aliphatic carbocycles. The Morgan fingerprint density at radius 2 is 1.67 bits per heavy atom. The Bertz CT molecular complexity index is 731. The summed E-state index contributed by atoms with van der Waals surface area (Å²) in [6.45, 7) is 14.9. The molecule has 6 nitrogen and oxygen atoms in total. The maximum atomic E-state index is 12.1. The molecule has 0 amide bonds. The molecule has 0 unspecified atom stereocenters. The minimum Gasteiger partial charge on any atom is -0.460 e. The Labute approximate surface area is 180 Å². The van der Waals surface area contributed by atoms with Gasteiger partial charge in [0.25, 0.3) is 0 Å². The maximum absolute atomic E-state index is 12.1. The fraction of sp³-hybridized carbons (Fsp3) is 0.833. The third-order valence-corrected chi connectivity index (χ3v) is 8.67. The van der Waals surface area contributed by atoms with Gasteiger partial charge in [0.05, 0.1) is 6.10 Å². The van der Waals surface area contributed by atoms with Crippen molar-refractivity contribution in [2.24, 2.45) is 28.1 Å². The number of carbonyl (C=O) groups excluding carboxylic acids is 2. The Morgan fingerprint density at radius 3 is 2.20 bits per heavy atom. The first kappa shape index (κ1) is 23.3. The van der Waals surface area contributed by atoms with Gasteiger partial charge in [0.2, 0.25) is 0 Å². The lowest BCUT2D eigenvalue weighted by Gasteiger charge is -2.67. The van der Waals surface area contributed by atoms with Gasteiger partial charge in [0, 0.05) is 13.8 Å². The van der Waals surface area contributed by atoms with E-state index >= 15 is 0 Å². The number of hydrogen-bond acceptors (Lipinski definition) is 6.